The summed E-state index contributed by atoms with van der Waals surface area (Å²) in [5.74, 6) is 0.755. The normalized spacial score (nSPS) is 17.1. The highest BCUT2D eigenvalue weighted by molar-refractivity contribution is 5.26. The van der Waals surface area contributed by atoms with Gasteiger partial charge < -0.3 is 0 Å². The van der Waals surface area contributed by atoms with Crippen LogP contribution in [0.1, 0.15) is 29.9 Å². The molecule has 0 saturated heterocycles. The fourth-order valence-electron chi connectivity index (χ4n) is 1.73. The van der Waals surface area contributed by atoms with Crippen LogP contribution in [0.15, 0.2) is 36.4 Å². The van der Waals surface area contributed by atoms with Crippen LogP contribution in [0.3, 0.4) is 0 Å². The van der Waals surface area contributed by atoms with Gasteiger partial charge in [0, 0.05) is 0 Å². The van der Waals surface area contributed by atoms with E-state index in [0.29, 0.717) is 0 Å². The lowest BCUT2D eigenvalue weighted by molar-refractivity contribution is 0.754. The molecular weight excluding hydrogens is 144 g/mol. The van der Waals surface area contributed by atoms with Gasteiger partial charge in [0.05, 0.1) is 0 Å². The Kier molecular flexibility index (Phi) is 1.99. The highest BCUT2D eigenvalue weighted by atomic mass is 14.2. The van der Waals surface area contributed by atoms with Crippen molar-refractivity contribution in [3.63, 3.8) is 0 Å². The van der Waals surface area contributed by atoms with E-state index in [4.69, 9.17) is 0 Å². The minimum Gasteiger partial charge on any atom is -0.0879 e. The minimum atomic E-state index is 0.755. The predicted octanol–water partition coefficient (Wildman–Crippen LogP) is 3.43. The minimum absolute atomic E-state index is 0.755. The molecule has 0 spiro atoms. The summed E-state index contributed by atoms with van der Waals surface area (Å²) in [6.45, 7) is 2.14. The van der Waals surface area contributed by atoms with E-state index in [9.17, 15) is 0 Å². The molecule has 0 bridgehead atoms. The summed E-state index contributed by atoms with van der Waals surface area (Å²) in [7, 11) is 0. The summed E-state index contributed by atoms with van der Waals surface area (Å²) in [6.07, 6.45) is 7.02. The van der Waals surface area contributed by atoms with E-state index >= 15 is 0 Å². The van der Waals surface area contributed by atoms with E-state index in [2.05, 4.69) is 43.3 Å². The number of benzene rings is 1. The van der Waals surface area contributed by atoms with Crippen molar-refractivity contribution in [2.24, 2.45) is 0 Å². The third-order valence-corrected chi connectivity index (χ3v) is 2.56. The molecule has 0 radical (unpaired) electrons. The Balaban J connectivity index is 2.18. The third-order valence-electron chi connectivity index (χ3n) is 2.56. The van der Waals surface area contributed by atoms with Crippen molar-refractivity contribution in [2.45, 2.75) is 25.7 Å². The van der Waals surface area contributed by atoms with Gasteiger partial charge in [0.15, 0.2) is 0 Å². The lowest BCUT2D eigenvalue weighted by Crippen LogP contribution is -1.91. The number of allylic oxidation sites excluding steroid dienone is 2. The molecule has 1 aromatic rings. The highest BCUT2D eigenvalue weighted by Crippen LogP contribution is 2.28. The van der Waals surface area contributed by atoms with Gasteiger partial charge in [-0.3, -0.25) is 0 Å². The molecule has 0 aromatic heterocycles. The molecular formula is C12H14. The highest BCUT2D eigenvalue weighted by Gasteiger charge is 2.11. The first kappa shape index (κ1) is 7.60. The Hall–Kier alpha value is -1.04. The molecule has 2 rings (SSSR count). The van der Waals surface area contributed by atoms with E-state index in [-0.39, 0.29) is 0 Å². The second-order valence-corrected chi connectivity index (χ2v) is 3.55. The van der Waals surface area contributed by atoms with Crippen LogP contribution >= 0.6 is 0 Å². The smallest absolute Gasteiger partial charge is 0.00928 e. The molecule has 12 heavy (non-hydrogen) atoms. The van der Waals surface area contributed by atoms with E-state index in [1.54, 1.807) is 0 Å². The molecule has 0 atom stereocenters. The van der Waals surface area contributed by atoms with Gasteiger partial charge >= 0.3 is 0 Å². The second-order valence-electron chi connectivity index (χ2n) is 3.55. The van der Waals surface area contributed by atoms with E-state index in [0.717, 1.165) is 5.92 Å². The van der Waals surface area contributed by atoms with Crippen molar-refractivity contribution in [3.8, 4) is 0 Å². The summed E-state index contributed by atoms with van der Waals surface area (Å²) in [5, 5.41) is 0. The van der Waals surface area contributed by atoms with Gasteiger partial charge in [-0.2, -0.15) is 0 Å². The standard InChI is InChI=1S/C12H14/c1-10-6-8-12(9-7-10)11-4-2-3-5-11/h2-3,6-9,11H,4-5H2,1H3. The van der Waals surface area contributed by atoms with Crippen LogP contribution in [0.25, 0.3) is 0 Å². The first-order valence-electron chi connectivity index (χ1n) is 4.58. The Bertz CT molecular complexity index is 271. The zero-order chi connectivity index (χ0) is 8.39. The molecule has 0 unspecified atom stereocenters. The van der Waals surface area contributed by atoms with Crippen LogP contribution in [0.2, 0.25) is 0 Å². The topological polar surface area (TPSA) is 0 Å². The first-order chi connectivity index (χ1) is 5.86. The van der Waals surface area contributed by atoms with Crippen molar-refractivity contribution in [3.05, 3.63) is 47.5 Å². The fraction of sp³-hybridized carbons (Fsp3) is 0.333. The van der Waals surface area contributed by atoms with Gasteiger partial charge in [-0.1, -0.05) is 42.0 Å². The molecule has 0 amide bonds. The maximum Gasteiger partial charge on any atom is -0.00928 e. The number of hydrogen-bond donors (Lipinski definition) is 0. The summed E-state index contributed by atoms with van der Waals surface area (Å²) in [4.78, 5) is 0. The van der Waals surface area contributed by atoms with Crippen molar-refractivity contribution in [2.75, 3.05) is 0 Å². The van der Waals surface area contributed by atoms with Crippen molar-refractivity contribution >= 4 is 0 Å². The largest absolute Gasteiger partial charge is 0.0879 e. The van der Waals surface area contributed by atoms with Crippen LogP contribution < -0.4 is 0 Å². The summed E-state index contributed by atoms with van der Waals surface area (Å²) < 4.78 is 0. The van der Waals surface area contributed by atoms with Crippen LogP contribution in [0.4, 0.5) is 0 Å². The van der Waals surface area contributed by atoms with Crippen LogP contribution in [0.5, 0.6) is 0 Å². The maximum absolute atomic E-state index is 2.28. The Morgan fingerprint density at radius 1 is 1.00 bits per heavy atom. The van der Waals surface area contributed by atoms with Crippen LogP contribution in [-0.2, 0) is 0 Å². The van der Waals surface area contributed by atoms with Crippen LogP contribution in [-0.4, -0.2) is 0 Å². The van der Waals surface area contributed by atoms with Gasteiger partial charge in [-0.05, 0) is 31.2 Å². The molecule has 1 aromatic carbocycles. The van der Waals surface area contributed by atoms with Crippen molar-refractivity contribution in [1.82, 2.24) is 0 Å². The lowest BCUT2D eigenvalue weighted by Gasteiger charge is -2.08. The van der Waals surface area contributed by atoms with Crippen molar-refractivity contribution < 1.29 is 0 Å². The van der Waals surface area contributed by atoms with E-state index in [1.165, 1.54) is 24.0 Å². The molecule has 1 aliphatic carbocycles. The molecule has 0 fully saturated rings. The molecule has 0 heteroatoms. The molecule has 0 saturated carbocycles. The number of hydrogen-bond acceptors (Lipinski definition) is 0. The molecule has 0 N–H and O–H groups in total. The second kappa shape index (κ2) is 3.14. The van der Waals surface area contributed by atoms with E-state index in [1.807, 2.05) is 0 Å². The van der Waals surface area contributed by atoms with Gasteiger partial charge in [-0.15, -0.1) is 0 Å². The quantitative estimate of drug-likeness (QED) is 0.549. The predicted molar refractivity (Wildman–Crippen MR) is 52.3 cm³/mol. The first-order valence-corrected chi connectivity index (χ1v) is 4.58. The van der Waals surface area contributed by atoms with E-state index < -0.39 is 0 Å². The van der Waals surface area contributed by atoms with Crippen molar-refractivity contribution in [1.29, 1.82) is 0 Å². The summed E-state index contributed by atoms with van der Waals surface area (Å²) in [6, 6.07) is 8.92. The molecule has 62 valence electrons. The summed E-state index contributed by atoms with van der Waals surface area (Å²) in [5.41, 5.74) is 2.84. The Labute approximate surface area is 73.9 Å². The zero-order valence-corrected chi connectivity index (χ0v) is 7.46. The third kappa shape index (κ3) is 1.42. The molecule has 0 aliphatic heterocycles. The Morgan fingerprint density at radius 2 is 1.58 bits per heavy atom. The summed E-state index contributed by atoms with van der Waals surface area (Å²) >= 11 is 0. The van der Waals surface area contributed by atoms with Gasteiger partial charge in [0.1, 0.15) is 0 Å². The molecule has 0 heterocycles. The average molecular weight is 158 g/mol. The Morgan fingerprint density at radius 3 is 2.17 bits per heavy atom. The molecule has 1 aliphatic rings. The monoisotopic (exact) mass is 158 g/mol. The number of aryl methyl sites for hydroxylation is 1. The lowest BCUT2D eigenvalue weighted by atomic mass is 9.96. The zero-order valence-electron chi connectivity index (χ0n) is 7.46. The average Bonchev–Trinajstić information content (AvgIpc) is 2.58. The maximum atomic E-state index is 2.28. The molecule has 0 nitrogen and oxygen atoms in total. The van der Waals surface area contributed by atoms with Gasteiger partial charge in [-0.25, -0.2) is 0 Å². The van der Waals surface area contributed by atoms with Gasteiger partial charge in [0.2, 0.25) is 0 Å². The number of rotatable bonds is 1. The fourth-order valence-corrected chi connectivity index (χ4v) is 1.73. The van der Waals surface area contributed by atoms with Crippen LogP contribution in [0, 0.1) is 6.92 Å². The van der Waals surface area contributed by atoms with Gasteiger partial charge in [0.25, 0.3) is 0 Å². The SMILES string of the molecule is Cc1ccc(C2CC=CC2)cc1.